The zero-order chi connectivity index (χ0) is 13.4. The molecule has 0 aliphatic carbocycles. The highest BCUT2D eigenvalue weighted by atomic mass is 32.1. The summed E-state index contributed by atoms with van der Waals surface area (Å²) in [6.07, 6.45) is 0. The van der Waals surface area contributed by atoms with Crippen LogP contribution < -0.4 is 0 Å². The Bertz CT molecular complexity index is 445. The van der Waals surface area contributed by atoms with E-state index in [1.807, 2.05) is 12.3 Å². The first-order chi connectivity index (χ1) is 8.74. The smallest absolute Gasteiger partial charge is 0.265 e. The number of amides is 1. The van der Waals surface area contributed by atoms with E-state index in [1.165, 1.54) is 11.3 Å². The molecule has 1 rings (SSSR count). The molecular formula is C13H17NO3S. The Morgan fingerprint density at radius 2 is 2.39 bits per heavy atom. The largest absolute Gasteiger partial charge is 0.384 e. The van der Waals surface area contributed by atoms with Gasteiger partial charge >= 0.3 is 0 Å². The summed E-state index contributed by atoms with van der Waals surface area (Å²) >= 11 is 1.37. The van der Waals surface area contributed by atoms with Crippen LogP contribution in [0.15, 0.2) is 11.4 Å². The maximum Gasteiger partial charge on any atom is 0.265 e. The molecule has 0 aliphatic rings. The number of likely N-dealkylation sites (N-methyl/N-ethyl adjacent to an activating group) is 1. The fourth-order valence-electron chi connectivity index (χ4n) is 1.46. The highest BCUT2D eigenvalue weighted by molar-refractivity contribution is 7.12. The maximum absolute atomic E-state index is 12.3. The first kappa shape index (κ1) is 14.7. The van der Waals surface area contributed by atoms with Gasteiger partial charge in [-0.25, -0.2) is 0 Å². The average molecular weight is 267 g/mol. The molecule has 0 atom stereocenters. The fraction of sp³-hybridized carbons (Fsp3) is 0.462. The number of rotatable bonds is 5. The summed E-state index contributed by atoms with van der Waals surface area (Å²) in [4.78, 5) is 14.6. The molecule has 1 heterocycles. The standard InChI is InChI=1S/C13H17NO3S/c1-3-14(7-9-17-2)13(16)12-11(5-4-8-15)6-10-18-12/h6,10,15H,3,7-9H2,1-2H3. The maximum atomic E-state index is 12.3. The predicted octanol–water partition coefficient (Wildman–Crippen LogP) is 1.20. The number of nitrogens with zero attached hydrogens (tertiary/aromatic N) is 1. The number of carbonyl (C=O) groups excluding carboxylic acids is 1. The molecule has 1 aromatic heterocycles. The van der Waals surface area contributed by atoms with E-state index in [9.17, 15) is 4.79 Å². The SMILES string of the molecule is CCN(CCOC)C(=O)c1sccc1C#CCO. The third kappa shape index (κ3) is 3.84. The van der Waals surface area contributed by atoms with Gasteiger partial charge in [-0.3, -0.25) is 4.79 Å². The molecule has 0 fully saturated rings. The van der Waals surface area contributed by atoms with Crippen LogP contribution in [-0.2, 0) is 4.74 Å². The van der Waals surface area contributed by atoms with E-state index in [-0.39, 0.29) is 12.5 Å². The van der Waals surface area contributed by atoms with Crippen molar-refractivity contribution in [1.82, 2.24) is 4.90 Å². The summed E-state index contributed by atoms with van der Waals surface area (Å²) in [5.74, 6) is 5.32. The summed E-state index contributed by atoms with van der Waals surface area (Å²) in [6.45, 7) is 3.44. The lowest BCUT2D eigenvalue weighted by Crippen LogP contribution is -2.33. The van der Waals surface area contributed by atoms with Gasteiger partial charge in [-0.05, 0) is 18.4 Å². The minimum Gasteiger partial charge on any atom is -0.384 e. The van der Waals surface area contributed by atoms with E-state index in [4.69, 9.17) is 9.84 Å². The van der Waals surface area contributed by atoms with E-state index >= 15 is 0 Å². The van der Waals surface area contributed by atoms with Gasteiger partial charge in [-0.1, -0.05) is 11.8 Å². The molecule has 18 heavy (non-hydrogen) atoms. The van der Waals surface area contributed by atoms with E-state index < -0.39 is 0 Å². The van der Waals surface area contributed by atoms with Gasteiger partial charge in [0.25, 0.3) is 5.91 Å². The Morgan fingerprint density at radius 1 is 1.61 bits per heavy atom. The summed E-state index contributed by atoms with van der Waals surface area (Å²) < 4.78 is 4.99. The predicted molar refractivity (Wildman–Crippen MR) is 71.7 cm³/mol. The van der Waals surface area contributed by atoms with Crippen molar-refractivity contribution in [3.8, 4) is 11.8 Å². The van der Waals surface area contributed by atoms with Crippen molar-refractivity contribution < 1.29 is 14.6 Å². The van der Waals surface area contributed by atoms with E-state index in [2.05, 4.69) is 11.8 Å². The molecular weight excluding hydrogens is 250 g/mol. The second kappa shape index (κ2) is 7.88. The van der Waals surface area contributed by atoms with Gasteiger partial charge in [-0.2, -0.15) is 0 Å². The minimum absolute atomic E-state index is 0.0354. The quantitative estimate of drug-likeness (QED) is 0.816. The average Bonchev–Trinajstić information content (AvgIpc) is 2.85. The Balaban J connectivity index is 2.84. The molecule has 1 amide bonds. The number of ether oxygens (including phenoxy) is 1. The number of thiophene rings is 1. The lowest BCUT2D eigenvalue weighted by Gasteiger charge is -2.19. The zero-order valence-corrected chi connectivity index (χ0v) is 11.4. The van der Waals surface area contributed by atoms with Crippen LogP contribution in [0.3, 0.4) is 0 Å². The molecule has 0 radical (unpaired) electrons. The van der Waals surface area contributed by atoms with E-state index in [1.54, 1.807) is 18.1 Å². The molecule has 1 N–H and O–H groups in total. The highest BCUT2D eigenvalue weighted by Crippen LogP contribution is 2.18. The van der Waals surface area contributed by atoms with Crippen LogP contribution in [0.1, 0.15) is 22.2 Å². The van der Waals surface area contributed by atoms with Gasteiger partial charge < -0.3 is 14.7 Å². The van der Waals surface area contributed by atoms with E-state index in [0.717, 1.165) is 0 Å². The van der Waals surface area contributed by atoms with Crippen molar-refractivity contribution in [2.45, 2.75) is 6.92 Å². The van der Waals surface area contributed by atoms with Gasteiger partial charge in [0.2, 0.25) is 0 Å². The van der Waals surface area contributed by atoms with Gasteiger partial charge in [0.15, 0.2) is 0 Å². The van der Waals surface area contributed by atoms with Crippen molar-refractivity contribution in [3.05, 3.63) is 21.9 Å². The second-order valence-corrected chi connectivity index (χ2v) is 4.42. The molecule has 0 aliphatic heterocycles. The molecule has 0 bridgehead atoms. The minimum atomic E-state index is -0.204. The molecule has 0 aromatic carbocycles. The van der Waals surface area contributed by atoms with Gasteiger partial charge in [0.05, 0.1) is 6.61 Å². The number of hydrogen-bond acceptors (Lipinski definition) is 4. The van der Waals surface area contributed by atoms with Crippen molar-refractivity contribution in [1.29, 1.82) is 0 Å². The first-order valence-corrected chi connectivity index (χ1v) is 6.58. The summed E-state index contributed by atoms with van der Waals surface area (Å²) in [5.41, 5.74) is 0.676. The zero-order valence-electron chi connectivity index (χ0n) is 10.6. The van der Waals surface area contributed by atoms with Gasteiger partial charge in [0.1, 0.15) is 11.5 Å². The van der Waals surface area contributed by atoms with Crippen LogP contribution in [0.4, 0.5) is 0 Å². The van der Waals surface area contributed by atoms with Crippen molar-refractivity contribution in [2.75, 3.05) is 33.4 Å². The number of methoxy groups -OCH3 is 1. The van der Waals surface area contributed by atoms with Crippen molar-refractivity contribution >= 4 is 17.2 Å². The number of aliphatic hydroxyl groups is 1. The third-order valence-corrected chi connectivity index (χ3v) is 3.30. The molecule has 1 aromatic rings. The number of hydrogen-bond donors (Lipinski definition) is 1. The number of carbonyl (C=O) groups is 1. The Morgan fingerprint density at radius 3 is 3.00 bits per heavy atom. The monoisotopic (exact) mass is 267 g/mol. The molecule has 4 nitrogen and oxygen atoms in total. The molecule has 5 heteroatoms. The van der Waals surface area contributed by atoms with Gasteiger partial charge in [-0.15, -0.1) is 11.3 Å². The molecule has 98 valence electrons. The normalized spacial score (nSPS) is 9.72. The van der Waals surface area contributed by atoms with Crippen LogP contribution in [0.5, 0.6) is 0 Å². The highest BCUT2D eigenvalue weighted by Gasteiger charge is 2.18. The van der Waals surface area contributed by atoms with Crippen LogP contribution in [0.25, 0.3) is 0 Å². The lowest BCUT2D eigenvalue weighted by molar-refractivity contribution is 0.0711. The van der Waals surface area contributed by atoms with Crippen molar-refractivity contribution in [2.24, 2.45) is 0 Å². The molecule has 0 saturated heterocycles. The molecule has 0 unspecified atom stereocenters. The van der Waals surface area contributed by atoms with Crippen LogP contribution in [0.2, 0.25) is 0 Å². The fourth-order valence-corrected chi connectivity index (χ4v) is 2.27. The first-order valence-electron chi connectivity index (χ1n) is 5.70. The van der Waals surface area contributed by atoms with E-state index in [0.29, 0.717) is 30.1 Å². The van der Waals surface area contributed by atoms with Crippen LogP contribution in [0, 0.1) is 11.8 Å². The Kier molecular flexibility index (Phi) is 6.44. The summed E-state index contributed by atoms with van der Waals surface area (Å²) in [6, 6.07) is 1.80. The topological polar surface area (TPSA) is 49.8 Å². The van der Waals surface area contributed by atoms with Gasteiger partial charge in [0, 0.05) is 25.8 Å². The number of aliphatic hydroxyl groups excluding tert-OH is 1. The second-order valence-electron chi connectivity index (χ2n) is 3.50. The van der Waals surface area contributed by atoms with Crippen LogP contribution >= 0.6 is 11.3 Å². The summed E-state index contributed by atoms with van der Waals surface area (Å²) in [7, 11) is 1.61. The Labute approximate surface area is 111 Å². The lowest BCUT2D eigenvalue weighted by atomic mass is 10.2. The molecule has 0 saturated carbocycles. The molecule has 0 spiro atoms. The van der Waals surface area contributed by atoms with Crippen LogP contribution in [-0.4, -0.2) is 49.3 Å². The third-order valence-electron chi connectivity index (χ3n) is 2.40. The Hall–Kier alpha value is -1.35. The summed E-state index contributed by atoms with van der Waals surface area (Å²) in [5, 5.41) is 10.5. The van der Waals surface area contributed by atoms with Crippen molar-refractivity contribution in [3.63, 3.8) is 0 Å².